The molecule has 1 aromatic carbocycles. The molecule has 0 radical (unpaired) electrons. The zero-order valence-electron chi connectivity index (χ0n) is 11.9. The van der Waals surface area contributed by atoms with E-state index in [4.69, 9.17) is 4.74 Å². The number of benzene rings is 1. The lowest BCUT2D eigenvalue weighted by atomic mass is 9.98. The van der Waals surface area contributed by atoms with Gasteiger partial charge in [-0.1, -0.05) is 15.9 Å². The number of halogens is 1. The Balaban J connectivity index is 1.77. The Kier molecular flexibility index (Phi) is 5.76. The third-order valence-corrected chi connectivity index (χ3v) is 4.34. The number of hydrogen-bond donors (Lipinski definition) is 2. The highest BCUT2D eigenvalue weighted by atomic mass is 79.9. The number of carbonyl (C=O) groups is 2. The summed E-state index contributed by atoms with van der Waals surface area (Å²) in [5, 5.41) is 5.65. The summed E-state index contributed by atoms with van der Waals surface area (Å²) in [6.45, 7) is 1.37. The first-order valence-electron chi connectivity index (χ1n) is 6.97. The smallest absolute Gasteiger partial charge is 0.230 e. The van der Waals surface area contributed by atoms with Crippen molar-refractivity contribution in [2.45, 2.75) is 19.3 Å². The molecule has 1 heterocycles. The van der Waals surface area contributed by atoms with Crippen LogP contribution in [0.15, 0.2) is 22.7 Å². The number of rotatable bonds is 6. The first kappa shape index (κ1) is 16.0. The third-order valence-electron chi connectivity index (χ3n) is 3.57. The topological polar surface area (TPSA) is 67.4 Å². The van der Waals surface area contributed by atoms with E-state index in [0.29, 0.717) is 19.4 Å². The molecular weight excluding hydrogens is 336 g/mol. The molecule has 2 rings (SSSR count). The van der Waals surface area contributed by atoms with Crippen LogP contribution in [0.25, 0.3) is 0 Å². The maximum Gasteiger partial charge on any atom is 0.230 e. The van der Waals surface area contributed by atoms with Crippen LogP contribution < -0.4 is 15.4 Å². The van der Waals surface area contributed by atoms with Gasteiger partial charge in [-0.05, 0) is 43.1 Å². The minimum absolute atomic E-state index is 0.114. The van der Waals surface area contributed by atoms with Crippen LogP contribution in [0.3, 0.4) is 0 Å². The summed E-state index contributed by atoms with van der Waals surface area (Å²) in [6.07, 6.45) is 1.89. The Bertz CT molecular complexity index is 534. The molecule has 6 heteroatoms. The SMILES string of the molecule is COc1ccc(Br)c(CCNCC2CCC(=O)NC2=O)c1. The quantitative estimate of drug-likeness (QED) is 0.602. The third kappa shape index (κ3) is 4.54. The zero-order chi connectivity index (χ0) is 15.2. The number of imide groups is 1. The molecule has 0 spiro atoms. The number of hydrogen-bond acceptors (Lipinski definition) is 4. The molecule has 1 aliphatic heterocycles. The Morgan fingerprint density at radius 1 is 1.43 bits per heavy atom. The fourth-order valence-corrected chi connectivity index (χ4v) is 2.75. The van der Waals surface area contributed by atoms with E-state index in [1.807, 2.05) is 18.2 Å². The largest absolute Gasteiger partial charge is 0.497 e. The highest BCUT2D eigenvalue weighted by molar-refractivity contribution is 9.10. The molecule has 0 aliphatic carbocycles. The molecule has 2 N–H and O–H groups in total. The van der Waals surface area contributed by atoms with Gasteiger partial charge in [0.05, 0.1) is 13.0 Å². The number of nitrogens with one attached hydrogen (secondary N) is 2. The van der Waals surface area contributed by atoms with Crippen LogP contribution >= 0.6 is 15.9 Å². The summed E-state index contributed by atoms with van der Waals surface area (Å²) >= 11 is 3.52. The van der Waals surface area contributed by atoms with Crippen LogP contribution in [-0.2, 0) is 16.0 Å². The van der Waals surface area contributed by atoms with Gasteiger partial charge in [-0.25, -0.2) is 0 Å². The molecule has 1 fully saturated rings. The lowest BCUT2D eigenvalue weighted by Crippen LogP contribution is -2.44. The fourth-order valence-electron chi connectivity index (χ4n) is 2.30. The predicted octanol–water partition coefficient (Wildman–Crippen LogP) is 1.64. The molecule has 5 nitrogen and oxygen atoms in total. The Morgan fingerprint density at radius 3 is 2.95 bits per heavy atom. The highest BCUT2D eigenvalue weighted by Crippen LogP contribution is 2.22. The normalized spacial score (nSPS) is 18.5. The summed E-state index contributed by atoms with van der Waals surface area (Å²) in [5.41, 5.74) is 1.16. The van der Waals surface area contributed by atoms with Gasteiger partial charge < -0.3 is 10.1 Å². The van der Waals surface area contributed by atoms with Gasteiger partial charge in [0, 0.05) is 17.4 Å². The van der Waals surface area contributed by atoms with Crippen LogP contribution in [0.5, 0.6) is 5.75 Å². The van der Waals surface area contributed by atoms with Gasteiger partial charge in [-0.3, -0.25) is 14.9 Å². The summed E-state index contributed by atoms with van der Waals surface area (Å²) < 4.78 is 6.26. The maximum atomic E-state index is 11.6. The van der Waals surface area contributed by atoms with Crippen molar-refractivity contribution in [3.8, 4) is 5.75 Å². The minimum Gasteiger partial charge on any atom is -0.497 e. The van der Waals surface area contributed by atoms with Crippen LogP contribution in [0.4, 0.5) is 0 Å². The lowest BCUT2D eigenvalue weighted by molar-refractivity contribution is -0.136. The summed E-state index contributed by atoms with van der Waals surface area (Å²) in [4.78, 5) is 22.7. The maximum absolute atomic E-state index is 11.6. The molecule has 1 saturated heterocycles. The molecule has 0 bridgehead atoms. The van der Waals surface area contributed by atoms with Gasteiger partial charge >= 0.3 is 0 Å². The molecule has 2 amide bonds. The molecule has 0 aromatic heterocycles. The van der Waals surface area contributed by atoms with Crippen molar-refractivity contribution < 1.29 is 14.3 Å². The van der Waals surface area contributed by atoms with E-state index < -0.39 is 0 Å². The Labute approximate surface area is 132 Å². The number of amides is 2. The number of ether oxygens (including phenoxy) is 1. The number of piperidine rings is 1. The van der Waals surface area contributed by atoms with Crippen molar-refractivity contribution in [1.29, 1.82) is 0 Å². The predicted molar refractivity (Wildman–Crippen MR) is 83.1 cm³/mol. The van der Waals surface area contributed by atoms with Crippen molar-refractivity contribution in [2.75, 3.05) is 20.2 Å². The van der Waals surface area contributed by atoms with E-state index in [2.05, 4.69) is 26.6 Å². The second-order valence-corrected chi connectivity index (χ2v) is 5.91. The summed E-state index contributed by atoms with van der Waals surface area (Å²) in [5.74, 6) is 0.382. The van der Waals surface area contributed by atoms with Crippen molar-refractivity contribution in [1.82, 2.24) is 10.6 Å². The van der Waals surface area contributed by atoms with Gasteiger partial charge in [-0.15, -0.1) is 0 Å². The second kappa shape index (κ2) is 7.56. The van der Waals surface area contributed by atoms with Gasteiger partial charge in [0.1, 0.15) is 5.75 Å². The van der Waals surface area contributed by atoms with Crippen LogP contribution in [0.1, 0.15) is 18.4 Å². The first-order chi connectivity index (χ1) is 10.1. The number of methoxy groups -OCH3 is 1. The van der Waals surface area contributed by atoms with Crippen LogP contribution in [-0.4, -0.2) is 32.0 Å². The van der Waals surface area contributed by atoms with E-state index in [-0.39, 0.29) is 17.7 Å². The zero-order valence-corrected chi connectivity index (χ0v) is 13.5. The first-order valence-corrected chi connectivity index (χ1v) is 7.76. The van der Waals surface area contributed by atoms with Gasteiger partial charge in [0.15, 0.2) is 0 Å². The van der Waals surface area contributed by atoms with Crippen molar-refractivity contribution in [2.24, 2.45) is 5.92 Å². The van der Waals surface area contributed by atoms with E-state index in [1.54, 1.807) is 7.11 Å². The lowest BCUT2D eigenvalue weighted by Gasteiger charge is -2.21. The average Bonchev–Trinajstić information content (AvgIpc) is 2.47. The van der Waals surface area contributed by atoms with E-state index in [1.165, 1.54) is 0 Å². The monoisotopic (exact) mass is 354 g/mol. The minimum atomic E-state index is -0.170. The van der Waals surface area contributed by atoms with E-state index in [0.717, 1.165) is 28.8 Å². The molecule has 0 saturated carbocycles. The van der Waals surface area contributed by atoms with Crippen molar-refractivity contribution in [3.63, 3.8) is 0 Å². The van der Waals surface area contributed by atoms with Crippen molar-refractivity contribution in [3.05, 3.63) is 28.2 Å². The molecule has 1 unspecified atom stereocenters. The van der Waals surface area contributed by atoms with Crippen LogP contribution in [0, 0.1) is 5.92 Å². The second-order valence-electron chi connectivity index (χ2n) is 5.06. The molecule has 1 atom stereocenters. The summed E-state index contributed by atoms with van der Waals surface area (Å²) in [6, 6.07) is 5.87. The van der Waals surface area contributed by atoms with Crippen molar-refractivity contribution >= 4 is 27.7 Å². The molecule has 1 aliphatic rings. The Hall–Kier alpha value is -1.40. The standard InChI is InChI=1S/C15H19BrN2O3/c1-21-12-3-4-13(16)10(8-12)6-7-17-9-11-2-5-14(19)18-15(11)20/h3-4,8,11,17H,2,5-7,9H2,1H3,(H,18,19,20). The molecular formula is C15H19BrN2O3. The van der Waals surface area contributed by atoms with E-state index >= 15 is 0 Å². The number of carbonyl (C=O) groups excluding carboxylic acids is 2. The average molecular weight is 355 g/mol. The van der Waals surface area contributed by atoms with E-state index in [9.17, 15) is 9.59 Å². The molecule has 114 valence electrons. The van der Waals surface area contributed by atoms with Gasteiger partial charge in [0.2, 0.25) is 11.8 Å². The summed E-state index contributed by atoms with van der Waals surface area (Å²) in [7, 11) is 1.65. The van der Waals surface area contributed by atoms with Gasteiger partial charge in [0.25, 0.3) is 0 Å². The van der Waals surface area contributed by atoms with Crippen LogP contribution in [0.2, 0.25) is 0 Å². The van der Waals surface area contributed by atoms with Gasteiger partial charge in [-0.2, -0.15) is 0 Å². The fraction of sp³-hybridized carbons (Fsp3) is 0.467. The molecule has 21 heavy (non-hydrogen) atoms. The molecule has 1 aromatic rings. The highest BCUT2D eigenvalue weighted by Gasteiger charge is 2.25. The Morgan fingerprint density at radius 2 is 2.24 bits per heavy atom.